The lowest BCUT2D eigenvalue weighted by atomic mass is 9.97. The molecule has 0 spiro atoms. The molecule has 0 bridgehead atoms. The summed E-state index contributed by atoms with van der Waals surface area (Å²) in [5.41, 5.74) is 16.0. The van der Waals surface area contributed by atoms with Crippen LogP contribution < -0.4 is 33.2 Å². The Morgan fingerprint density at radius 3 is 2.12 bits per heavy atom. The Morgan fingerprint density at radius 1 is 1.00 bits per heavy atom. The van der Waals surface area contributed by atoms with Crippen molar-refractivity contribution in [3.63, 3.8) is 0 Å². The van der Waals surface area contributed by atoms with Crippen molar-refractivity contribution >= 4 is 41.4 Å². The minimum Gasteiger partial charge on any atom is -0.480 e. The summed E-state index contributed by atoms with van der Waals surface area (Å²) in [6.07, 6.45) is 3.05. The minimum absolute atomic E-state index is 0.0878. The van der Waals surface area contributed by atoms with E-state index in [9.17, 15) is 24.3 Å². The summed E-state index contributed by atoms with van der Waals surface area (Å²) >= 11 is 1.47. The summed E-state index contributed by atoms with van der Waals surface area (Å²) < 4.78 is 0. The van der Waals surface area contributed by atoms with Gasteiger partial charge in [-0.2, -0.15) is 11.8 Å². The molecule has 0 aliphatic rings. The van der Waals surface area contributed by atoms with Crippen molar-refractivity contribution in [2.75, 3.05) is 25.2 Å². The van der Waals surface area contributed by atoms with Gasteiger partial charge in [-0.3, -0.25) is 19.4 Å². The Kier molecular flexibility index (Phi) is 15.7. The summed E-state index contributed by atoms with van der Waals surface area (Å²) in [5, 5.41) is 26.2. The number of hydrogen-bond acceptors (Lipinski definition) is 8. The maximum atomic E-state index is 13.0. The molecule has 14 heteroatoms. The van der Waals surface area contributed by atoms with Gasteiger partial charge in [-0.25, -0.2) is 4.79 Å². The second-order valence-electron chi connectivity index (χ2n) is 7.85. The third-order valence-corrected chi connectivity index (χ3v) is 5.77. The number of carbonyl (C=O) groups is 4. The molecule has 0 aliphatic heterocycles. The molecular formula is C20H39N7O6S. The number of guanidine groups is 1. The molecule has 0 aromatic rings. The number of aliphatic hydroxyl groups is 1. The van der Waals surface area contributed by atoms with Crippen LogP contribution in [0.1, 0.15) is 39.5 Å². The van der Waals surface area contributed by atoms with Crippen molar-refractivity contribution in [3.05, 3.63) is 0 Å². The molecule has 0 saturated carbocycles. The second-order valence-corrected chi connectivity index (χ2v) is 8.84. The van der Waals surface area contributed by atoms with E-state index in [0.29, 0.717) is 18.6 Å². The molecule has 0 fully saturated rings. The first-order valence-electron chi connectivity index (χ1n) is 11.0. The van der Waals surface area contributed by atoms with Gasteiger partial charge >= 0.3 is 5.97 Å². The maximum absolute atomic E-state index is 13.0. The highest BCUT2D eigenvalue weighted by molar-refractivity contribution is 7.98. The number of carboxylic acids is 1. The third kappa shape index (κ3) is 12.0. The molecule has 196 valence electrons. The largest absolute Gasteiger partial charge is 0.480 e. The first-order valence-corrected chi connectivity index (χ1v) is 12.4. The molecule has 0 aliphatic carbocycles. The number of amides is 3. The molecule has 13 nitrogen and oxygen atoms in total. The molecule has 5 unspecified atom stereocenters. The van der Waals surface area contributed by atoms with Gasteiger partial charge in [0.25, 0.3) is 0 Å². The summed E-state index contributed by atoms with van der Waals surface area (Å²) in [7, 11) is 0. The van der Waals surface area contributed by atoms with E-state index in [2.05, 4.69) is 20.9 Å². The van der Waals surface area contributed by atoms with Crippen LogP contribution in [0.15, 0.2) is 4.99 Å². The van der Waals surface area contributed by atoms with E-state index < -0.39 is 54.5 Å². The predicted molar refractivity (Wildman–Crippen MR) is 131 cm³/mol. The molecule has 0 radical (unpaired) electrons. The number of carboxylic acid groups (broad SMARTS) is 1. The van der Waals surface area contributed by atoms with E-state index in [0.717, 1.165) is 0 Å². The number of hydrogen-bond donors (Lipinski definition) is 8. The monoisotopic (exact) mass is 505 g/mol. The molecular weight excluding hydrogens is 466 g/mol. The molecule has 3 amide bonds. The predicted octanol–water partition coefficient (Wildman–Crippen LogP) is -2.30. The zero-order chi connectivity index (χ0) is 26.3. The van der Waals surface area contributed by atoms with Crippen molar-refractivity contribution in [3.8, 4) is 0 Å². The van der Waals surface area contributed by atoms with Crippen LogP contribution in [0.4, 0.5) is 0 Å². The number of carbonyl (C=O) groups excluding carboxylic acids is 3. The molecule has 0 aromatic carbocycles. The van der Waals surface area contributed by atoms with Crippen molar-refractivity contribution in [2.45, 2.75) is 63.7 Å². The molecule has 5 atom stereocenters. The van der Waals surface area contributed by atoms with Crippen molar-refractivity contribution in [2.24, 2.45) is 28.1 Å². The van der Waals surface area contributed by atoms with E-state index in [1.54, 1.807) is 6.92 Å². The van der Waals surface area contributed by atoms with Crippen LogP contribution >= 0.6 is 11.8 Å². The van der Waals surface area contributed by atoms with Crippen LogP contribution in [0.5, 0.6) is 0 Å². The van der Waals surface area contributed by atoms with E-state index in [1.165, 1.54) is 11.8 Å². The summed E-state index contributed by atoms with van der Waals surface area (Å²) in [4.78, 5) is 53.4. The Bertz CT molecular complexity index is 705. The molecule has 34 heavy (non-hydrogen) atoms. The zero-order valence-electron chi connectivity index (χ0n) is 20.0. The van der Waals surface area contributed by atoms with Crippen LogP contribution in [0, 0.1) is 5.92 Å². The highest BCUT2D eigenvalue weighted by Gasteiger charge is 2.32. The lowest BCUT2D eigenvalue weighted by Crippen LogP contribution is -2.59. The van der Waals surface area contributed by atoms with Gasteiger partial charge in [-0.15, -0.1) is 0 Å². The van der Waals surface area contributed by atoms with Crippen molar-refractivity contribution in [1.82, 2.24) is 16.0 Å². The number of thioether (sulfide) groups is 1. The standard InChI is InChI=1S/C20H39N7O6S/c1-4-11(2)15(18(31)26-14(19(32)33)6-5-8-24-20(22)23)27-17(30)13(7-9-34-3)25-16(29)12(21)10-28/h11-15,28H,4-10,21H2,1-3H3,(H,25,29)(H,26,31)(H,27,30)(H,32,33)(H4,22,23,24). The summed E-state index contributed by atoms with van der Waals surface area (Å²) in [5.74, 6) is -3.07. The maximum Gasteiger partial charge on any atom is 0.326 e. The normalized spacial score (nSPS) is 15.2. The van der Waals surface area contributed by atoms with Crippen LogP contribution in [-0.4, -0.2) is 89.2 Å². The fraction of sp³-hybridized carbons (Fsp3) is 0.750. The number of nitrogens with zero attached hydrogens (tertiary/aromatic N) is 1. The SMILES string of the molecule is CCC(C)C(NC(=O)C(CCSC)NC(=O)C(N)CO)C(=O)NC(CCCN=C(N)N)C(=O)O. The summed E-state index contributed by atoms with van der Waals surface area (Å²) in [6.45, 7) is 3.20. The van der Waals surface area contributed by atoms with E-state index in [-0.39, 0.29) is 31.3 Å². The lowest BCUT2D eigenvalue weighted by Gasteiger charge is -2.28. The zero-order valence-corrected chi connectivity index (χ0v) is 20.8. The average Bonchev–Trinajstić information content (AvgIpc) is 2.79. The van der Waals surface area contributed by atoms with Crippen LogP contribution in [0.25, 0.3) is 0 Å². The van der Waals surface area contributed by atoms with Crippen LogP contribution in [-0.2, 0) is 19.2 Å². The number of nitrogens with two attached hydrogens (primary N) is 3. The average molecular weight is 506 g/mol. The quantitative estimate of drug-likeness (QED) is 0.0597. The number of rotatable bonds is 17. The Morgan fingerprint density at radius 2 is 1.62 bits per heavy atom. The summed E-state index contributed by atoms with van der Waals surface area (Å²) in [6, 6.07) is -4.39. The Labute approximate surface area is 204 Å². The van der Waals surface area contributed by atoms with Gasteiger partial charge in [0, 0.05) is 6.54 Å². The van der Waals surface area contributed by atoms with E-state index >= 15 is 0 Å². The number of aliphatic hydroxyl groups excluding tert-OH is 1. The van der Waals surface area contributed by atoms with E-state index in [1.807, 2.05) is 13.2 Å². The van der Waals surface area contributed by atoms with Crippen molar-refractivity contribution in [1.29, 1.82) is 0 Å². The second kappa shape index (κ2) is 16.9. The Balaban J connectivity index is 5.42. The van der Waals surface area contributed by atoms with Gasteiger partial charge in [0.1, 0.15) is 24.2 Å². The smallest absolute Gasteiger partial charge is 0.326 e. The highest BCUT2D eigenvalue weighted by atomic mass is 32.2. The van der Waals surface area contributed by atoms with Gasteiger partial charge in [0.2, 0.25) is 17.7 Å². The molecule has 0 saturated heterocycles. The minimum atomic E-state index is -1.23. The molecule has 11 N–H and O–H groups in total. The molecule has 0 rings (SSSR count). The topological polar surface area (TPSA) is 235 Å². The third-order valence-electron chi connectivity index (χ3n) is 5.13. The highest BCUT2D eigenvalue weighted by Crippen LogP contribution is 2.11. The van der Waals surface area contributed by atoms with Gasteiger partial charge < -0.3 is 43.4 Å². The van der Waals surface area contributed by atoms with Gasteiger partial charge in [-0.05, 0) is 37.2 Å². The number of nitrogens with one attached hydrogen (secondary N) is 3. The first-order chi connectivity index (χ1) is 16.0. The Hall–Kier alpha value is -2.58. The van der Waals surface area contributed by atoms with Crippen LogP contribution in [0.2, 0.25) is 0 Å². The van der Waals surface area contributed by atoms with Crippen molar-refractivity contribution < 1.29 is 29.4 Å². The number of aliphatic imine (C=N–C) groups is 1. The van der Waals surface area contributed by atoms with Gasteiger partial charge in [0.15, 0.2) is 5.96 Å². The van der Waals surface area contributed by atoms with E-state index in [4.69, 9.17) is 22.3 Å². The fourth-order valence-corrected chi connectivity index (χ4v) is 3.32. The fourth-order valence-electron chi connectivity index (χ4n) is 2.84. The molecule has 0 heterocycles. The lowest BCUT2D eigenvalue weighted by molar-refractivity contribution is -0.143. The van der Waals surface area contributed by atoms with Gasteiger partial charge in [-0.1, -0.05) is 20.3 Å². The first kappa shape index (κ1) is 31.4. The number of aliphatic carboxylic acids is 1. The van der Waals surface area contributed by atoms with Gasteiger partial charge in [0.05, 0.1) is 6.61 Å². The van der Waals surface area contributed by atoms with Crippen LogP contribution in [0.3, 0.4) is 0 Å². The molecule has 0 aromatic heterocycles.